The number of nitrogens with one attached hydrogen (secondary N) is 1. The molecule has 1 saturated carbocycles. The lowest BCUT2D eigenvalue weighted by Crippen LogP contribution is -2.47. The van der Waals surface area contributed by atoms with E-state index in [4.69, 9.17) is 22.9 Å². The molecular formula is C36H53N7O5. The van der Waals surface area contributed by atoms with Crippen molar-refractivity contribution >= 4 is 29.3 Å². The number of phenolic OH excluding ortho intramolecular Hbond substituents is 1. The Balaban J connectivity index is 1.85. The number of carbonyl (C=O) groups excluding carboxylic acids is 4. The zero-order valence-corrected chi connectivity index (χ0v) is 28.3. The number of aromatic hydroxyl groups is 1. The molecule has 3 rings (SSSR count). The Morgan fingerprint density at radius 2 is 1.65 bits per heavy atom. The van der Waals surface area contributed by atoms with Crippen LogP contribution in [-0.4, -0.2) is 58.1 Å². The van der Waals surface area contributed by atoms with Crippen LogP contribution in [0.15, 0.2) is 41.7 Å². The minimum atomic E-state index is -0.970. The molecule has 10 N–H and O–H groups in total. The molecule has 12 nitrogen and oxygen atoms in total. The number of carbonyl (C=O) groups is 4. The number of primary amides is 1. The Morgan fingerprint density at radius 1 is 0.979 bits per heavy atom. The zero-order valence-electron chi connectivity index (χ0n) is 28.3. The van der Waals surface area contributed by atoms with E-state index in [9.17, 15) is 24.3 Å². The SMILES string of the molecule is Cc1cc(O)cc(C)c1C[C@H](CC(=O)[C@H](N)CCCN=C(N)N)C(=O)N[C@@H](Cc1cccnc1)C(=O)C[C@@H](CC1CCCCC1)C(N)=O. The van der Waals surface area contributed by atoms with Crippen molar-refractivity contribution in [2.75, 3.05) is 6.54 Å². The maximum Gasteiger partial charge on any atom is 0.224 e. The molecule has 0 bridgehead atoms. The molecule has 1 aliphatic carbocycles. The predicted molar refractivity (Wildman–Crippen MR) is 186 cm³/mol. The maximum absolute atomic E-state index is 14.1. The summed E-state index contributed by atoms with van der Waals surface area (Å²) in [5.41, 5.74) is 25.9. The number of amides is 2. The first kappa shape index (κ1) is 38.1. The first-order valence-corrected chi connectivity index (χ1v) is 17.0. The summed E-state index contributed by atoms with van der Waals surface area (Å²) >= 11 is 0. The number of phenols is 1. The van der Waals surface area contributed by atoms with Crippen LogP contribution in [0.25, 0.3) is 0 Å². The van der Waals surface area contributed by atoms with Gasteiger partial charge in [-0.3, -0.25) is 29.2 Å². The lowest BCUT2D eigenvalue weighted by atomic mass is 9.80. The molecule has 262 valence electrons. The number of nitrogens with zero attached hydrogens (tertiary/aromatic N) is 2. The summed E-state index contributed by atoms with van der Waals surface area (Å²) in [5.74, 6) is -2.69. The van der Waals surface area contributed by atoms with Gasteiger partial charge in [-0.1, -0.05) is 38.2 Å². The van der Waals surface area contributed by atoms with Gasteiger partial charge in [-0.2, -0.15) is 0 Å². The summed E-state index contributed by atoms with van der Waals surface area (Å²) < 4.78 is 0. The first-order valence-electron chi connectivity index (χ1n) is 17.0. The molecule has 1 aliphatic rings. The third-order valence-corrected chi connectivity index (χ3v) is 9.39. The molecule has 2 aromatic rings. The van der Waals surface area contributed by atoms with E-state index in [1.54, 1.807) is 30.6 Å². The van der Waals surface area contributed by atoms with Crippen LogP contribution in [0.3, 0.4) is 0 Å². The van der Waals surface area contributed by atoms with Gasteiger partial charge in [-0.05, 0) is 85.9 Å². The van der Waals surface area contributed by atoms with Crippen LogP contribution < -0.4 is 28.3 Å². The topological polar surface area (TPSA) is 230 Å². The van der Waals surface area contributed by atoms with Gasteiger partial charge in [0.15, 0.2) is 11.7 Å². The fraction of sp³-hybridized carbons (Fsp3) is 0.556. The van der Waals surface area contributed by atoms with Crippen LogP contribution in [0.1, 0.15) is 86.5 Å². The van der Waals surface area contributed by atoms with E-state index in [2.05, 4.69) is 15.3 Å². The number of ketones is 2. The van der Waals surface area contributed by atoms with Gasteiger partial charge in [0.25, 0.3) is 0 Å². The van der Waals surface area contributed by atoms with Gasteiger partial charge in [0, 0.05) is 50.0 Å². The molecule has 1 aromatic carbocycles. The third-order valence-electron chi connectivity index (χ3n) is 9.39. The molecule has 12 heteroatoms. The lowest BCUT2D eigenvalue weighted by Gasteiger charge is -2.27. The van der Waals surface area contributed by atoms with Crippen molar-refractivity contribution in [1.82, 2.24) is 10.3 Å². The zero-order chi connectivity index (χ0) is 35.2. The van der Waals surface area contributed by atoms with E-state index in [1.807, 2.05) is 19.9 Å². The summed E-state index contributed by atoms with van der Waals surface area (Å²) in [6, 6.07) is 4.99. The highest BCUT2D eigenvalue weighted by Crippen LogP contribution is 2.31. The highest BCUT2D eigenvalue weighted by atomic mass is 16.3. The molecule has 48 heavy (non-hydrogen) atoms. The summed E-state index contributed by atoms with van der Waals surface area (Å²) in [6.07, 6.45) is 10.1. The van der Waals surface area contributed by atoms with Gasteiger partial charge in [-0.25, -0.2) is 0 Å². The number of guanidine groups is 1. The average Bonchev–Trinajstić information content (AvgIpc) is 3.04. The van der Waals surface area contributed by atoms with E-state index >= 15 is 0 Å². The van der Waals surface area contributed by atoms with Crippen LogP contribution in [-0.2, 0) is 32.0 Å². The van der Waals surface area contributed by atoms with Crippen molar-refractivity contribution in [3.8, 4) is 5.75 Å². The van der Waals surface area contributed by atoms with Crippen molar-refractivity contribution in [3.63, 3.8) is 0 Å². The molecule has 2 amide bonds. The van der Waals surface area contributed by atoms with Gasteiger partial charge < -0.3 is 33.4 Å². The number of hydrogen-bond donors (Lipinski definition) is 6. The highest BCUT2D eigenvalue weighted by Gasteiger charge is 2.32. The summed E-state index contributed by atoms with van der Waals surface area (Å²) in [4.78, 5) is 62.0. The van der Waals surface area contributed by atoms with Gasteiger partial charge in [0.1, 0.15) is 11.5 Å². The quantitative estimate of drug-likeness (QED) is 0.0736. The second-order valence-electron chi connectivity index (χ2n) is 13.3. The number of rotatable bonds is 19. The Bertz CT molecular complexity index is 1400. The molecule has 1 fully saturated rings. The molecule has 1 heterocycles. The Kier molecular flexibility index (Phi) is 15.0. The number of benzene rings is 1. The average molecular weight is 664 g/mol. The van der Waals surface area contributed by atoms with Crippen LogP contribution in [0.2, 0.25) is 0 Å². The standard InChI is InChI=1S/C36H53N7O5/c1-22-14-28(44)15-23(2)29(22)18-27(20-32(45)30(37)11-7-13-42-36(39)40)35(48)43-31(17-25-10-6-12-41-21-25)33(46)19-26(34(38)47)16-24-8-4-3-5-9-24/h6,10,12,14-15,21,24,26-27,30-31,44H,3-5,7-9,11,13,16-20,37H2,1-2H3,(H2,38,47)(H,43,48)(H4,39,40,42)/t26-,27-,30-,31+/m1/s1. The summed E-state index contributed by atoms with van der Waals surface area (Å²) in [7, 11) is 0. The van der Waals surface area contributed by atoms with Crippen LogP contribution in [0, 0.1) is 31.6 Å². The third kappa shape index (κ3) is 12.4. The second kappa shape index (κ2) is 18.9. The molecule has 0 radical (unpaired) electrons. The number of aryl methyl sites for hydroxylation is 2. The molecule has 0 unspecified atom stereocenters. The van der Waals surface area contributed by atoms with Crippen molar-refractivity contribution in [1.29, 1.82) is 0 Å². The van der Waals surface area contributed by atoms with E-state index in [1.165, 1.54) is 6.42 Å². The normalized spacial score (nSPS) is 15.9. The molecule has 4 atom stereocenters. The Labute approximate surface area is 283 Å². The van der Waals surface area contributed by atoms with Crippen molar-refractivity contribution in [2.24, 2.45) is 45.7 Å². The molecule has 0 aliphatic heterocycles. The number of nitrogens with two attached hydrogens (primary N) is 4. The van der Waals surface area contributed by atoms with E-state index in [0.717, 1.165) is 47.9 Å². The molecule has 1 aromatic heterocycles. The van der Waals surface area contributed by atoms with Gasteiger partial charge in [0.05, 0.1) is 12.1 Å². The van der Waals surface area contributed by atoms with Crippen LogP contribution in [0.5, 0.6) is 5.75 Å². The number of hydrogen-bond acceptors (Lipinski definition) is 8. The summed E-state index contributed by atoms with van der Waals surface area (Å²) in [6.45, 7) is 3.99. The Morgan fingerprint density at radius 3 is 2.25 bits per heavy atom. The minimum Gasteiger partial charge on any atom is -0.508 e. The lowest BCUT2D eigenvalue weighted by molar-refractivity contribution is -0.133. The van der Waals surface area contributed by atoms with Crippen LogP contribution in [0.4, 0.5) is 0 Å². The number of Topliss-reactive ketones (excluding diaryl/α,β-unsaturated/α-hetero) is 2. The monoisotopic (exact) mass is 663 g/mol. The minimum absolute atomic E-state index is 0.0437. The van der Waals surface area contributed by atoms with Gasteiger partial charge in [-0.15, -0.1) is 0 Å². The maximum atomic E-state index is 14.1. The molecule has 0 spiro atoms. The first-order chi connectivity index (χ1) is 22.8. The second-order valence-corrected chi connectivity index (χ2v) is 13.3. The molecular weight excluding hydrogens is 610 g/mol. The number of aliphatic imine (C=N–C) groups is 1. The number of aromatic nitrogens is 1. The smallest absolute Gasteiger partial charge is 0.224 e. The molecule has 0 saturated heterocycles. The predicted octanol–water partition coefficient (Wildman–Crippen LogP) is 2.66. The van der Waals surface area contributed by atoms with Crippen molar-refractivity contribution in [2.45, 2.75) is 103 Å². The highest BCUT2D eigenvalue weighted by molar-refractivity contribution is 5.94. The number of pyridine rings is 1. The largest absolute Gasteiger partial charge is 0.508 e. The van der Waals surface area contributed by atoms with E-state index < -0.39 is 35.7 Å². The van der Waals surface area contributed by atoms with Gasteiger partial charge in [0.2, 0.25) is 11.8 Å². The summed E-state index contributed by atoms with van der Waals surface area (Å²) in [5, 5.41) is 13.0. The van der Waals surface area contributed by atoms with Crippen LogP contribution >= 0.6 is 0 Å². The van der Waals surface area contributed by atoms with E-state index in [-0.39, 0.29) is 49.0 Å². The van der Waals surface area contributed by atoms with Crippen molar-refractivity contribution in [3.05, 3.63) is 58.9 Å². The van der Waals surface area contributed by atoms with E-state index in [0.29, 0.717) is 31.7 Å². The fourth-order valence-corrected chi connectivity index (χ4v) is 6.67. The fourth-order valence-electron chi connectivity index (χ4n) is 6.67. The van der Waals surface area contributed by atoms with Crippen molar-refractivity contribution < 1.29 is 24.3 Å². The van der Waals surface area contributed by atoms with Gasteiger partial charge >= 0.3 is 0 Å². The Hall–Kier alpha value is -4.32.